The first-order valence-corrected chi connectivity index (χ1v) is 9.82. The van der Waals surface area contributed by atoms with Crippen LogP contribution < -0.4 is 10.6 Å². The Bertz CT molecular complexity index is 735. The van der Waals surface area contributed by atoms with Gasteiger partial charge < -0.3 is 20.4 Å². The quantitative estimate of drug-likeness (QED) is 0.793. The molecule has 0 bridgehead atoms. The third-order valence-corrected chi connectivity index (χ3v) is 5.60. The number of carbonyl (C=O) groups is 3. The molecule has 0 aromatic heterocycles. The molecule has 4 rings (SSSR count). The lowest BCUT2D eigenvalue weighted by molar-refractivity contribution is -0.135. The highest BCUT2D eigenvalue weighted by Gasteiger charge is 2.32. The zero-order valence-corrected chi connectivity index (χ0v) is 16.7. The number of carbonyl (C=O) groups excluding carboxylic acids is 3. The van der Waals surface area contributed by atoms with Crippen LogP contribution in [0, 0.1) is 5.92 Å². The molecule has 1 unspecified atom stereocenters. The third-order valence-electron chi connectivity index (χ3n) is 5.60. The second kappa shape index (κ2) is 8.92. The van der Waals surface area contributed by atoms with Crippen LogP contribution in [0.2, 0.25) is 0 Å². The normalized spacial score (nSPS) is 22.4. The molecule has 1 atom stereocenters. The number of hydrogen-bond acceptors (Lipinski definition) is 4. The zero-order chi connectivity index (χ0) is 18.8. The summed E-state index contributed by atoms with van der Waals surface area (Å²) in [5.41, 5.74) is 1.35. The van der Waals surface area contributed by atoms with Gasteiger partial charge in [-0.15, -0.1) is 12.4 Å². The van der Waals surface area contributed by atoms with E-state index in [9.17, 15) is 14.4 Å². The summed E-state index contributed by atoms with van der Waals surface area (Å²) in [4.78, 5) is 40.6. The predicted molar refractivity (Wildman–Crippen MR) is 109 cm³/mol. The molecule has 1 aromatic rings. The highest BCUT2D eigenvalue weighted by molar-refractivity contribution is 5.97. The van der Waals surface area contributed by atoms with Gasteiger partial charge in [0.1, 0.15) is 0 Å². The van der Waals surface area contributed by atoms with Crippen molar-refractivity contribution < 1.29 is 14.4 Å². The van der Waals surface area contributed by atoms with E-state index >= 15 is 0 Å². The summed E-state index contributed by atoms with van der Waals surface area (Å²) in [6, 6.07) is 7.22. The van der Waals surface area contributed by atoms with Crippen LogP contribution in [-0.2, 0) is 9.59 Å². The molecule has 2 heterocycles. The maximum atomic E-state index is 12.9. The van der Waals surface area contributed by atoms with Crippen LogP contribution in [0.15, 0.2) is 24.3 Å². The second-order valence-electron chi connectivity index (χ2n) is 7.65. The van der Waals surface area contributed by atoms with Crippen molar-refractivity contribution in [3.63, 3.8) is 0 Å². The Hall–Kier alpha value is -2.12. The molecular weight excluding hydrogens is 380 g/mol. The third kappa shape index (κ3) is 4.64. The fourth-order valence-corrected chi connectivity index (χ4v) is 3.87. The van der Waals surface area contributed by atoms with Crippen molar-refractivity contribution in [3.8, 4) is 0 Å². The largest absolute Gasteiger partial charge is 0.337 e. The maximum absolute atomic E-state index is 12.9. The van der Waals surface area contributed by atoms with Crippen LogP contribution in [0.4, 0.5) is 5.69 Å². The Labute approximate surface area is 171 Å². The lowest BCUT2D eigenvalue weighted by atomic mass is 10.0. The molecule has 8 heteroatoms. The fourth-order valence-electron chi connectivity index (χ4n) is 3.87. The summed E-state index contributed by atoms with van der Waals surface area (Å²) in [6.45, 7) is 3.21. The number of benzene rings is 1. The Morgan fingerprint density at radius 3 is 2.50 bits per heavy atom. The highest BCUT2D eigenvalue weighted by Crippen LogP contribution is 2.30. The molecule has 1 aliphatic carbocycles. The molecule has 1 aromatic carbocycles. The van der Waals surface area contributed by atoms with Crippen molar-refractivity contribution in [1.29, 1.82) is 0 Å². The lowest BCUT2D eigenvalue weighted by Crippen LogP contribution is -2.57. The van der Waals surface area contributed by atoms with Crippen molar-refractivity contribution in [2.24, 2.45) is 5.92 Å². The van der Waals surface area contributed by atoms with Gasteiger partial charge >= 0.3 is 0 Å². The van der Waals surface area contributed by atoms with Gasteiger partial charge in [0.2, 0.25) is 11.8 Å². The number of amides is 3. The number of hydrogen-bond donors (Lipinski definition) is 2. The first-order chi connectivity index (χ1) is 13.1. The lowest BCUT2D eigenvalue weighted by Gasteiger charge is -2.41. The summed E-state index contributed by atoms with van der Waals surface area (Å²) >= 11 is 0. The average molecular weight is 407 g/mol. The summed E-state index contributed by atoms with van der Waals surface area (Å²) < 4.78 is 0. The molecule has 2 N–H and O–H groups in total. The van der Waals surface area contributed by atoms with Crippen LogP contribution in [0.5, 0.6) is 0 Å². The van der Waals surface area contributed by atoms with Gasteiger partial charge in [-0.2, -0.15) is 0 Å². The van der Waals surface area contributed by atoms with E-state index < -0.39 is 0 Å². The molecular formula is C20H27ClN4O3. The van der Waals surface area contributed by atoms with E-state index in [1.807, 2.05) is 9.80 Å². The number of nitrogens with zero attached hydrogens (tertiary/aromatic N) is 2. The van der Waals surface area contributed by atoms with Gasteiger partial charge in [-0.1, -0.05) is 0 Å². The van der Waals surface area contributed by atoms with Crippen LogP contribution in [-0.4, -0.2) is 66.3 Å². The number of piperazine rings is 1. The topological polar surface area (TPSA) is 81.8 Å². The molecule has 3 fully saturated rings. The van der Waals surface area contributed by atoms with E-state index in [2.05, 4.69) is 10.6 Å². The van der Waals surface area contributed by atoms with E-state index in [1.54, 1.807) is 24.3 Å². The van der Waals surface area contributed by atoms with Gasteiger partial charge in [-0.3, -0.25) is 14.4 Å². The molecule has 0 spiro atoms. The number of rotatable bonds is 4. The number of piperidine rings is 1. The number of nitrogens with one attached hydrogen (secondary N) is 2. The molecule has 2 aliphatic heterocycles. The number of anilines is 1. The summed E-state index contributed by atoms with van der Waals surface area (Å²) in [6.07, 6.45) is 3.78. The van der Waals surface area contributed by atoms with Gasteiger partial charge in [0.15, 0.2) is 0 Å². The molecule has 3 aliphatic rings. The van der Waals surface area contributed by atoms with Gasteiger partial charge in [-0.25, -0.2) is 0 Å². The van der Waals surface area contributed by atoms with Crippen LogP contribution >= 0.6 is 12.4 Å². The van der Waals surface area contributed by atoms with Gasteiger partial charge in [0.05, 0.1) is 6.54 Å². The minimum Gasteiger partial charge on any atom is -0.337 e. The Morgan fingerprint density at radius 1 is 1.07 bits per heavy atom. The van der Waals surface area contributed by atoms with Crippen molar-refractivity contribution in [1.82, 2.24) is 15.1 Å². The molecule has 1 saturated carbocycles. The molecule has 2 saturated heterocycles. The van der Waals surface area contributed by atoms with Crippen LogP contribution in [0.1, 0.15) is 36.0 Å². The highest BCUT2D eigenvalue weighted by atomic mass is 35.5. The minimum atomic E-state index is -0.0117. The molecule has 152 valence electrons. The van der Waals surface area contributed by atoms with E-state index in [0.29, 0.717) is 25.2 Å². The monoisotopic (exact) mass is 406 g/mol. The van der Waals surface area contributed by atoms with Crippen molar-refractivity contribution in [3.05, 3.63) is 29.8 Å². The van der Waals surface area contributed by atoms with E-state index in [-0.39, 0.29) is 42.1 Å². The molecule has 3 amide bonds. The Kier molecular flexibility index (Phi) is 6.57. The number of likely N-dealkylation sites (tertiary alicyclic amines) is 1. The summed E-state index contributed by atoms with van der Waals surface area (Å²) in [5, 5.41) is 5.98. The summed E-state index contributed by atoms with van der Waals surface area (Å²) in [7, 11) is 0. The van der Waals surface area contributed by atoms with Gasteiger partial charge in [-0.05, 0) is 49.9 Å². The first kappa shape index (κ1) is 20.6. The molecule has 28 heavy (non-hydrogen) atoms. The standard InChI is InChI=1S/C20H26N4O3.ClH/c25-18-12-21-9-11-24(18)17-2-1-10-23(13-17)20(27)15-5-7-16(8-6-15)22-19(26)14-3-4-14;/h5-8,14,17,21H,1-4,9-13H2,(H,22,26);1H. The van der Waals surface area contributed by atoms with Crippen LogP contribution in [0.25, 0.3) is 0 Å². The SMILES string of the molecule is Cl.O=C(Nc1ccc(C(=O)N2CCCC(N3CCNCC3=O)C2)cc1)C1CC1. The van der Waals surface area contributed by atoms with Crippen LogP contribution in [0.3, 0.4) is 0 Å². The smallest absolute Gasteiger partial charge is 0.253 e. The predicted octanol–water partition coefficient (Wildman–Crippen LogP) is 1.49. The molecule has 0 radical (unpaired) electrons. The first-order valence-electron chi connectivity index (χ1n) is 9.82. The van der Waals surface area contributed by atoms with Crippen molar-refractivity contribution >= 4 is 35.8 Å². The van der Waals surface area contributed by atoms with Crippen molar-refractivity contribution in [2.45, 2.75) is 31.7 Å². The Morgan fingerprint density at radius 2 is 1.82 bits per heavy atom. The van der Waals surface area contributed by atoms with E-state index in [4.69, 9.17) is 0 Å². The fraction of sp³-hybridized carbons (Fsp3) is 0.550. The minimum absolute atomic E-state index is 0. The van der Waals surface area contributed by atoms with E-state index in [1.165, 1.54) is 0 Å². The molecule has 7 nitrogen and oxygen atoms in total. The zero-order valence-electron chi connectivity index (χ0n) is 15.9. The Balaban J connectivity index is 0.00000225. The number of halogens is 1. The van der Waals surface area contributed by atoms with Gasteiger partial charge in [0.25, 0.3) is 5.91 Å². The second-order valence-corrected chi connectivity index (χ2v) is 7.65. The maximum Gasteiger partial charge on any atom is 0.253 e. The average Bonchev–Trinajstić information content (AvgIpc) is 3.54. The summed E-state index contributed by atoms with van der Waals surface area (Å²) in [5.74, 6) is 0.330. The van der Waals surface area contributed by atoms with Gasteiger partial charge in [0, 0.05) is 49.4 Å². The van der Waals surface area contributed by atoms with Crippen molar-refractivity contribution in [2.75, 3.05) is 38.0 Å². The van der Waals surface area contributed by atoms with E-state index in [0.717, 1.165) is 44.5 Å².